The van der Waals surface area contributed by atoms with Crippen molar-refractivity contribution in [2.24, 2.45) is 5.92 Å². The van der Waals surface area contributed by atoms with Gasteiger partial charge in [0.1, 0.15) is 5.82 Å². The van der Waals surface area contributed by atoms with E-state index in [9.17, 15) is 9.59 Å². The van der Waals surface area contributed by atoms with Crippen molar-refractivity contribution in [3.63, 3.8) is 0 Å². The van der Waals surface area contributed by atoms with Crippen LogP contribution in [0.3, 0.4) is 0 Å². The number of hydrogen-bond acceptors (Lipinski definition) is 4. The van der Waals surface area contributed by atoms with Gasteiger partial charge >= 0.3 is 0 Å². The largest absolute Gasteiger partial charge is 0.353 e. The molecule has 2 saturated heterocycles. The molecule has 0 radical (unpaired) electrons. The van der Waals surface area contributed by atoms with E-state index in [-0.39, 0.29) is 11.8 Å². The molecule has 0 N–H and O–H groups in total. The fourth-order valence-electron chi connectivity index (χ4n) is 4.07. The smallest absolute Gasteiger partial charge is 0.254 e. The first kappa shape index (κ1) is 17.3. The van der Waals surface area contributed by atoms with Gasteiger partial charge in [-0.05, 0) is 44.2 Å². The lowest BCUT2D eigenvalue weighted by molar-refractivity contribution is -0.138. The number of carbonyl (C=O) groups is 2. The van der Waals surface area contributed by atoms with Crippen LogP contribution in [0, 0.1) is 5.92 Å². The average Bonchev–Trinajstić information content (AvgIpc) is 2.67. The molecule has 1 saturated carbocycles. The maximum Gasteiger partial charge on any atom is 0.254 e. The standard InChI is InChI=1S/C20H28N4O2/c25-19(16-5-4-6-16)24-13-11-22(12-14-24)18-15-17(7-8-21-18)20(26)23-9-2-1-3-10-23/h7-8,15-16H,1-6,9-14H2. The van der Waals surface area contributed by atoms with Crippen LogP contribution in [0.1, 0.15) is 48.9 Å². The van der Waals surface area contributed by atoms with Crippen LogP contribution in [0.4, 0.5) is 5.82 Å². The number of piperazine rings is 1. The molecule has 6 nitrogen and oxygen atoms in total. The average molecular weight is 356 g/mol. The number of carbonyl (C=O) groups excluding carboxylic acids is 2. The van der Waals surface area contributed by atoms with E-state index in [2.05, 4.69) is 9.88 Å². The number of hydrogen-bond donors (Lipinski definition) is 0. The van der Waals surface area contributed by atoms with Gasteiger partial charge in [-0.3, -0.25) is 9.59 Å². The van der Waals surface area contributed by atoms with Crippen molar-refractivity contribution in [1.82, 2.24) is 14.8 Å². The second-order valence-corrected chi connectivity index (χ2v) is 7.70. The van der Waals surface area contributed by atoms with Crippen LogP contribution in [-0.4, -0.2) is 65.9 Å². The fraction of sp³-hybridized carbons (Fsp3) is 0.650. The molecule has 0 bridgehead atoms. The fourth-order valence-corrected chi connectivity index (χ4v) is 4.07. The summed E-state index contributed by atoms with van der Waals surface area (Å²) in [5.74, 6) is 1.57. The maximum atomic E-state index is 12.7. The zero-order valence-corrected chi connectivity index (χ0v) is 15.4. The predicted octanol–water partition coefficient (Wildman–Crippen LogP) is 2.16. The number of piperidine rings is 1. The first-order valence-corrected chi connectivity index (χ1v) is 10.0. The zero-order valence-electron chi connectivity index (χ0n) is 15.4. The highest BCUT2D eigenvalue weighted by atomic mass is 16.2. The van der Waals surface area contributed by atoms with Crippen molar-refractivity contribution in [3.05, 3.63) is 23.9 Å². The number of rotatable bonds is 3. The van der Waals surface area contributed by atoms with Gasteiger partial charge in [0.25, 0.3) is 5.91 Å². The molecule has 26 heavy (non-hydrogen) atoms. The Bertz CT molecular complexity index is 660. The van der Waals surface area contributed by atoms with Gasteiger partial charge in [0.05, 0.1) is 0 Å². The summed E-state index contributed by atoms with van der Waals surface area (Å²) in [7, 11) is 0. The minimum absolute atomic E-state index is 0.118. The first-order chi connectivity index (χ1) is 12.7. The molecule has 3 aliphatic rings. The van der Waals surface area contributed by atoms with E-state index in [1.54, 1.807) is 6.20 Å². The van der Waals surface area contributed by atoms with Gasteiger partial charge in [0.15, 0.2) is 0 Å². The summed E-state index contributed by atoms with van der Waals surface area (Å²) < 4.78 is 0. The molecule has 0 atom stereocenters. The summed E-state index contributed by atoms with van der Waals surface area (Å²) in [6.07, 6.45) is 8.45. The highest BCUT2D eigenvalue weighted by Gasteiger charge is 2.31. The third-order valence-electron chi connectivity index (χ3n) is 6.01. The molecule has 1 aromatic heterocycles. The van der Waals surface area contributed by atoms with Gasteiger partial charge in [-0.1, -0.05) is 6.42 Å². The quantitative estimate of drug-likeness (QED) is 0.833. The van der Waals surface area contributed by atoms with E-state index in [1.807, 2.05) is 21.9 Å². The van der Waals surface area contributed by atoms with Crippen molar-refractivity contribution >= 4 is 17.6 Å². The highest BCUT2D eigenvalue weighted by molar-refractivity contribution is 5.95. The molecule has 4 rings (SSSR count). The normalized spacial score (nSPS) is 21.5. The van der Waals surface area contributed by atoms with Crippen molar-refractivity contribution in [2.75, 3.05) is 44.2 Å². The second-order valence-electron chi connectivity index (χ2n) is 7.70. The van der Waals surface area contributed by atoms with Crippen molar-refractivity contribution in [1.29, 1.82) is 0 Å². The van der Waals surface area contributed by atoms with Gasteiger partial charge in [0, 0.05) is 56.9 Å². The lowest BCUT2D eigenvalue weighted by Gasteiger charge is -2.38. The molecule has 0 spiro atoms. The SMILES string of the molecule is O=C(c1ccnc(N2CCN(C(=O)C3CCC3)CC2)c1)N1CCCCC1. The summed E-state index contributed by atoms with van der Waals surface area (Å²) in [6, 6.07) is 3.73. The molecule has 3 heterocycles. The Kier molecular flexibility index (Phi) is 5.09. The number of amides is 2. The molecular formula is C20H28N4O2. The van der Waals surface area contributed by atoms with E-state index in [1.165, 1.54) is 12.8 Å². The van der Waals surface area contributed by atoms with E-state index < -0.39 is 0 Å². The van der Waals surface area contributed by atoms with Crippen LogP contribution in [0.15, 0.2) is 18.3 Å². The Morgan fingerprint density at radius 2 is 1.62 bits per heavy atom. The number of pyridine rings is 1. The third-order valence-corrected chi connectivity index (χ3v) is 6.01. The van der Waals surface area contributed by atoms with Gasteiger partial charge in [-0.25, -0.2) is 4.98 Å². The Labute approximate surface area is 155 Å². The van der Waals surface area contributed by atoms with E-state index >= 15 is 0 Å². The Morgan fingerprint density at radius 3 is 2.27 bits per heavy atom. The van der Waals surface area contributed by atoms with Crippen LogP contribution in [0.5, 0.6) is 0 Å². The van der Waals surface area contributed by atoms with Crippen LogP contribution in [0.25, 0.3) is 0 Å². The van der Waals surface area contributed by atoms with Crippen molar-refractivity contribution in [2.45, 2.75) is 38.5 Å². The lowest BCUT2D eigenvalue weighted by atomic mass is 9.84. The van der Waals surface area contributed by atoms with E-state index in [0.717, 1.165) is 76.3 Å². The monoisotopic (exact) mass is 356 g/mol. The van der Waals surface area contributed by atoms with Crippen molar-refractivity contribution < 1.29 is 9.59 Å². The van der Waals surface area contributed by atoms with E-state index in [4.69, 9.17) is 0 Å². The molecule has 3 fully saturated rings. The molecule has 0 aromatic carbocycles. The zero-order chi connectivity index (χ0) is 17.9. The van der Waals surface area contributed by atoms with Crippen LogP contribution >= 0.6 is 0 Å². The molecule has 6 heteroatoms. The topological polar surface area (TPSA) is 56.8 Å². The summed E-state index contributed by atoms with van der Waals surface area (Å²) in [6.45, 7) is 4.79. The summed E-state index contributed by atoms with van der Waals surface area (Å²) in [4.78, 5) is 35.7. The maximum absolute atomic E-state index is 12.7. The van der Waals surface area contributed by atoms with Crippen LogP contribution < -0.4 is 4.90 Å². The number of aromatic nitrogens is 1. The van der Waals surface area contributed by atoms with Gasteiger partial charge < -0.3 is 14.7 Å². The minimum Gasteiger partial charge on any atom is -0.353 e. The Hall–Kier alpha value is -2.11. The Balaban J connectivity index is 1.37. The first-order valence-electron chi connectivity index (χ1n) is 10.0. The summed E-state index contributed by atoms with van der Waals surface area (Å²) in [5, 5.41) is 0. The van der Waals surface area contributed by atoms with Crippen LogP contribution in [0.2, 0.25) is 0 Å². The molecule has 1 aromatic rings. The molecule has 0 unspecified atom stereocenters. The van der Waals surface area contributed by atoms with Gasteiger partial charge in [-0.15, -0.1) is 0 Å². The Morgan fingerprint density at radius 1 is 0.885 bits per heavy atom. The summed E-state index contributed by atoms with van der Waals surface area (Å²) >= 11 is 0. The van der Waals surface area contributed by atoms with Crippen LogP contribution in [-0.2, 0) is 4.79 Å². The summed E-state index contributed by atoms with van der Waals surface area (Å²) in [5.41, 5.74) is 0.727. The van der Waals surface area contributed by atoms with Gasteiger partial charge in [-0.2, -0.15) is 0 Å². The molecule has 1 aliphatic carbocycles. The predicted molar refractivity (Wildman–Crippen MR) is 100 cm³/mol. The minimum atomic E-state index is 0.118. The van der Waals surface area contributed by atoms with Gasteiger partial charge in [0.2, 0.25) is 5.91 Å². The molecule has 2 amide bonds. The third kappa shape index (κ3) is 3.55. The molecular weight excluding hydrogens is 328 g/mol. The number of likely N-dealkylation sites (tertiary alicyclic amines) is 1. The second kappa shape index (κ2) is 7.64. The number of nitrogens with zero attached hydrogens (tertiary/aromatic N) is 4. The highest BCUT2D eigenvalue weighted by Crippen LogP contribution is 2.29. The van der Waals surface area contributed by atoms with E-state index in [0.29, 0.717) is 5.91 Å². The van der Waals surface area contributed by atoms with Crippen molar-refractivity contribution in [3.8, 4) is 0 Å². The molecule has 2 aliphatic heterocycles. The lowest BCUT2D eigenvalue weighted by Crippen LogP contribution is -2.51. The molecule has 140 valence electrons. The number of anilines is 1.